The van der Waals surface area contributed by atoms with E-state index in [0.29, 0.717) is 0 Å². The molecular weight excluding hydrogens is 276 g/mol. The number of rotatable bonds is 3. The number of aryl methyl sites for hydroxylation is 2. The van der Waals surface area contributed by atoms with Crippen LogP contribution in [0.1, 0.15) is 24.7 Å². The van der Waals surface area contributed by atoms with Gasteiger partial charge in [0.2, 0.25) is 0 Å². The molecule has 1 aromatic heterocycles. The molecule has 0 aliphatic heterocycles. The largest absolute Gasteiger partial charge is 0.326 e. The molecule has 2 aromatic rings. The van der Waals surface area contributed by atoms with Crippen LogP contribution in [0, 0.1) is 6.92 Å². The fraction of sp³-hybridized carbons (Fsp3) is 0.357. The van der Waals surface area contributed by atoms with Crippen molar-refractivity contribution in [3.05, 3.63) is 40.3 Å². The number of nitrogens with zero attached hydrogens (tertiary/aromatic N) is 2. The first-order chi connectivity index (χ1) is 8.13. The average molecular weight is 293 g/mol. The highest BCUT2D eigenvalue weighted by atomic mass is 79.9. The van der Waals surface area contributed by atoms with Gasteiger partial charge in [0.1, 0.15) is 16.1 Å². The minimum absolute atomic E-state index is 1.02. The van der Waals surface area contributed by atoms with E-state index in [9.17, 15) is 0 Å². The zero-order valence-corrected chi connectivity index (χ0v) is 12.1. The molecule has 0 unspecified atom stereocenters. The summed E-state index contributed by atoms with van der Waals surface area (Å²) in [6.07, 6.45) is 2.33. The molecule has 0 aliphatic carbocycles. The van der Waals surface area contributed by atoms with Gasteiger partial charge in [0.25, 0.3) is 0 Å². The average Bonchev–Trinajstić information content (AvgIpc) is 2.59. The maximum Gasteiger partial charge on any atom is 0.112 e. The molecule has 0 radical (unpaired) electrons. The van der Waals surface area contributed by atoms with Gasteiger partial charge in [-0.2, -0.15) is 0 Å². The van der Waals surface area contributed by atoms with E-state index in [2.05, 4.69) is 56.7 Å². The maximum absolute atomic E-state index is 4.57. The van der Waals surface area contributed by atoms with Gasteiger partial charge in [-0.25, -0.2) is 4.98 Å². The van der Waals surface area contributed by atoms with Crippen molar-refractivity contribution >= 4 is 15.9 Å². The highest BCUT2D eigenvalue weighted by Gasteiger charge is 2.11. The summed E-state index contributed by atoms with van der Waals surface area (Å²) in [6.45, 7) is 4.21. The third kappa shape index (κ3) is 2.44. The van der Waals surface area contributed by atoms with Gasteiger partial charge >= 0.3 is 0 Å². The molecule has 0 fully saturated rings. The van der Waals surface area contributed by atoms with Gasteiger partial charge in [-0.1, -0.05) is 37.6 Å². The number of imidazole rings is 1. The second-order valence-electron chi connectivity index (χ2n) is 4.30. The van der Waals surface area contributed by atoms with Crippen LogP contribution in [0.5, 0.6) is 0 Å². The molecule has 0 spiro atoms. The monoisotopic (exact) mass is 292 g/mol. The molecule has 0 atom stereocenters. The summed E-state index contributed by atoms with van der Waals surface area (Å²) in [6, 6.07) is 8.68. The maximum atomic E-state index is 4.57. The summed E-state index contributed by atoms with van der Waals surface area (Å²) in [5, 5.41) is 0. The van der Waals surface area contributed by atoms with Gasteiger partial charge in [-0.3, -0.25) is 0 Å². The van der Waals surface area contributed by atoms with Gasteiger partial charge in [-0.15, -0.1) is 0 Å². The fourth-order valence-electron chi connectivity index (χ4n) is 1.89. The Kier molecular flexibility index (Phi) is 3.67. The highest BCUT2D eigenvalue weighted by Crippen LogP contribution is 2.28. The normalized spacial score (nSPS) is 10.8. The van der Waals surface area contributed by atoms with Crippen LogP contribution in [-0.2, 0) is 13.5 Å². The van der Waals surface area contributed by atoms with Crippen molar-refractivity contribution in [2.75, 3.05) is 0 Å². The fourth-order valence-corrected chi connectivity index (χ4v) is 2.46. The van der Waals surface area contributed by atoms with Gasteiger partial charge in [-0.05, 0) is 34.8 Å². The zero-order chi connectivity index (χ0) is 12.4. The van der Waals surface area contributed by atoms with Crippen molar-refractivity contribution in [1.82, 2.24) is 9.55 Å². The lowest BCUT2D eigenvalue weighted by Crippen LogP contribution is -1.90. The molecule has 1 heterocycles. The Hall–Kier alpha value is -1.09. The molecule has 3 heteroatoms. The van der Waals surface area contributed by atoms with Crippen LogP contribution in [-0.4, -0.2) is 9.55 Å². The van der Waals surface area contributed by atoms with E-state index in [1.807, 2.05) is 14.0 Å². The molecule has 0 saturated carbocycles. The van der Waals surface area contributed by atoms with Gasteiger partial charge in [0, 0.05) is 12.6 Å². The quantitative estimate of drug-likeness (QED) is 0.832. The number of hydrogen-bond donors (Lipinski definition) is 0. The second kappa shape index (κ2) is 5.05. The lowest BCUT2D eigenvalue weighted by molar-refractivity contribution is 0.840. The van der Waals surface area contributed by atoms with Crippen LogP contribution < -0.4 is 0 Å². The van der Waals surface area contributed by atoms with E-state index in [4.69, 9.17) is 0 Å². The first kappa shape index (κ1) is 12.4. The van der Waals surface area contributed by atoms with Crippen LogP contribution in [0.2, 0.25) is 0 Å². The molecule has 17 heavy (non-hydrogen) atoms. The van der Waals surface area contributed by atoms with Crippen molar-refractivity contribution in [2.24, 2.45) is 7.05 Å². The Morgan fingerprint density at radius 1 is 1.24 bits per heavy atom. The summed E-state index contributed by atoms with van der Waals surface area (Å²) in [7, 11) is 2.02. The standard InChI is InChI=1S/C14H17BrN2/c1-4-5-11-6-8-12(9-7-11)13-14(15)17(3)10(2)16-13/h6-9H,4-5H2,1-3H3. The van der Waals surface area contributed by atoms with Crippen LogP contribution in [0.25, 0.3) is 11.3 Å². The van der Waals surface area contributed by atoms with E-state index in [1.165, 1.54) is 17.5 Å². The molecule has 0 saturated heterocycles. The van der Waals surface area contributed by atoms with E-state index in [1.54, 1.807) is 0 Å². The predicted molar refractivity (Wildman–Crippen MR) is 75.1 cm³/mol. The lowest BCUT2D eigenvalue weighted by Gasteiger charge is -2.02. The van der Waals surface area contributed by atoms with Gasteiger partial charge in [0.15, 0.2) is 0 Å². The predicted octanol–water partition coefficient (Wildman–Crippen LogP) is 4.11. The Balaban J connectivity index is 2.36. The molecule has 0 N–H and O–H groups in total. The van der Waals surface area contributed by atoms with Crippen LogP contribution in [0.3, 0.4) is 0 Å². The molecular formula is C14H17BrN2. The minimum Gasteiger partial charge on any atom is -0.326 e. The summed E-state index contributed by atoms with van der Waals surface area (Å²) >= 11 is 3.59. The van der Waals surface area contributed by atoms with E-state index >= 15 is 0 Å². The van der Waals surface area contributed by atoms with Gasteiger partial charge in [0.05, 0.1) is 0 Å². The molecule has 90 valence electrons. The molecule has 2 nitrogen and oxygen atoms in total. The topological polar surface area (TPSA) is 17.8 Å². The van der Waals surface area contributed by atoms with Crippen LogP contribution >= 0.6 is 15.9 Å². The van der Waals surface area contributed by atoms with E-state index in [0.717, 1.165) is 22.5 Å². The Bertz CT molecular complexity index is 512. The second-order valence-corrected chi connectivity index (χ2v) is 5.06. The summed E-state index contributed by atoms with van der Waals surface area (Å²) < 4.78 is 3.09. The van der Waals surface area contributed by atoms with Crippen LogP contribution in [0.15, 0.2) is 28.9 Å². The number of aromatic nitrogens is 2. The molecule has 0 amide bonds. The molecule has 2 rings (SSSR count). The van der Waals surface area contributed by atoms with Crippen molar-refractivity contribution in [3.8, 4) is 11.3 Å². The molecule has 0 bridgehead atoms. The Morgan fingerprint density at radius 3 is 2.35 bits per heavy atom. The molecule has 1 aromatic carbocycles. The first-order valence-electron chi connectivity index (χ1n) is 5.91. The van der Waals surface area contributed by atoms with E-state index in [-0.39, 0.29) is 0 Å². The Morgan fingerprint density at radius 2 is 1.88 bits per heavy atom. The van der Waals surface area contributed by atoms with Crippen molar-refractivity contribution in [1.29, 1.82) is 0 Å². The summed E-state index contributed by atoms with van der Waals surface area (Å²) in [5.41, 5.74) is 3.58. The smallest absolute Gasteiger partial charge is 0.112 e. The zero-order valence-electron chi connectivity index (χ0n) is 10.5. The Labute approximate surface area is 111 Å². The number of hydrogen-bond acceptors (Lipinski definition) is 1. The van der Waals surface area contributed by atoms with Gasteiger partial charge < -0.3 is 4.57 Å². The summed E-state index contributed by atoms with van der Waals surface area (Å²) in [5.74, 6) is 1.02. The molecule has 0 aliphatic rings. The third-order valence-corrected chi connectivity index (χ3v) is 3.92. The van der Waals surface area contributed by atoms with Crippen molar-refractivity contribution in [2.45, 2.75) is 26.7 Å². The number of halogens is 1. The highest BCUT2D eigenvalue weighted by molar-refractivity contribution is 9.10. The van der Waals surface area contributed by atoms with Crippen molar-refractivity contribution in [3.63, 3.8) is 0 Å². The van der Waals surface area contributed by atoms with Crippen molar-refractivity contribution < 1.29 is 0 Å². The summed E-state index contributed by atoms with van der Waals surface area (Å²) in [4.78, 5) is 4.57. The lowest BCUT2D eigenvalue weighted by atomic mass is 10.1. The van der Waals surface area contributed by atoms with Crippen LogP contribution in [0.4, 0.5) is 0 Å². The SMILES string of the molecule is CCCc1ccc(-c2nc(C)n(C)c2Br)cc1. The van der Waals surface area contributed by atoms with E-state index < -0.39 is 0 Å². The first-order valence-corrected chi connectivity index (χ1v) is 6.71. The third-order valence-electron chi connectivity index (χ3n) is 3.01. The minimum atomic E-state index is 1.02. The number of benzene rings is 1.